The molecule has 0 bridgehead atoms. The van der Waals surface area contributed by atoms with Gasteiger partial charge in [0, 0.05) is 44.2 Å². The summed E-state index contributed by atoms with van der Waals surface area (Å²) in [6.45, 7) is 2.07. The molecule has 0 spiro atoms. The molecule has 31 heavy (non-hydrogen) atoms. The summed E-state index contributed by atoms with van der Waals surface area (Å²) in [6, 6.07) is 12.7. The van der Waals surface area contributed by atoms with Crippen molar-refractivity contribution < 1.29 is 13.2 Å². The van der Waals surface area contributed by atoms with Crippen molar-refractivity contribution in [2.24, 2.45) is 0 Å². The Balaban J connectivity index is 1.46. The van der Waals surface area contributed by atoms with Gasteiger partial charge in [0.1, 0.15) is 11.8 Å². The third kappa shape index (κ3) is 3.73. The van der Waals surface area contributed by atoms with Crippen LogP contribution < -0.4 is 9.80 Å². The van der Waals surface area contributed by atoms with E-state index in [0.717, 1.165) is 41.9 Å². The lowest BCUT2D eigenvalue weighted by Gasteiger charge is -2.36. The van der Waals surface area contributed by atoms with Crippen molar-refractivity contribution in [2.75, 3.05) is 36.5 Å². The number of hydrogen-bond acceptors (Lipinski definition) is 4. The maximum atomic E-state index is 12.6. The van der Waals surface area contributed by atoms with E-state index < -0.39 is 12.6 Å². The molecule has 3 aromatic rings. The fourth-order valence-corrected chi connectivity index (χ4v) is 5.09. The van der Waals surface area contributed by atoms with E-state index in [0.29, 0.717) is 6.54 Å². The first-order valence-corrected chi connectivity index (χ1v) is 10.7. The van der Waals surface area contributed by atoms with E-state index >= 15 is 0 Å². The van der Waals surface area contributed by atoms with Crippen LogP contribution in [0.5, 0.6) is 0 Å². The average molecular weight is 429 g/mol. The Bertz CT molecular complexity index is 1050. The van der Waals surface area contributed by atoms with Crippen LogP contribution in [0.3, 0.4) is 0 Å². The normalized spacial score (nSPS) is 21.9. The number of anilines is 2. The number of rotatable bonds is 5. The zero-order valence-corrected chi connectivity index (χ0v) is 17.4. The molecule has 2 atom stereocenters. The zero-order chi connectivity index (χ0) is 21.6. The number of hydrogen-bond donors (Lipinski definition) is 1. The lowest BCUT2D eigenvalue weighted by Crippen LogP contribution is -2.42. The molecular weight excluding hydrogens is 403 g/mol. The fourth-order valence-electron chi connectivity index (χ4n) is 5.09. The Morgan fingerprint density at radius 1 is 1.16 bits per heavy atom. The summed E-state index contributed by atoms with van der Waals surface area (Å²) in [5, 5.41) is 1.08. The van der Waals surface area contributed by atoms with Crippen LogP contribution in [0.25, 0.3) is 11.0 Å². The summed E-state index contributed by atoms with van der Waals surface area (Å²) >= 11 is 0. The molecule has 1 fully saturated rings. The molecule has 164 valence electrons. The predicted molar refractivity (Wildman–Crippen MR) is 116 cm³/mol. The van der Waals surface area contributed by atoms with E-state index in [1.54, 1.807) is 0 Å². The maximum absolute atomic E-state index is 12.6. The van der Waals surface area contributed by atoms with Gasteiger partial charge >= 0.3 is 6.18 Å². The number of aromatic nitrogens is 2. The first-order chi connectivity index (χ1) is 14.9. The number of benzene rings is 1. The maximum Gasteiger partial charge on any atom is 0.389 e. The molecular formula is C23H26F3N5. The van der Waals surface area contributed by atoms with Crippen molar-refractivity contribution in [3.05, 3.63) is 54.4 Å². The smallest absolute Gasteiger partial charge is 0.348 e. The molecule has 5 nitrogen and oxygen atoms in total. The van der Waals surface area contributed by atoms with Gasteiger partial charge in [-0.3, -0.25) is 0 Å². The molecule has 0 radical (unpaired) electrons. The van der Waals surface area contributed by atoms with E-state index in [4.69, 9.17) is 0 Å². The fraction of sp³-hybridized carbons (Fsp3) is 0.435. The molecule has 1 N–H and O–H groups in total. The zero-order valence-electron chi connectivity index (χ0n) is 17.4. The van der Waals surface area contributed by atoms with Crippen LogP contribution in [0.1, 0.15) is 31.0 Å². The van der Waals surface area contributed by atoms with E-state index in [2.05, 4.69) is 49.9 Å². The van der Waals surface area contributed by atoms with E-state index in [1.165, 1.54) is 5.56 Å². The van der Waals surface area contributed by atoms with Gasteiger partial charge in [-0.05, 0) is 31.0 Å². The van der Waals surface area contributed by atoms with Crippen molar-refractivity contribution in [1.82, 2.24) is 14.9 Å². The Morgan fingerprint density at radius 3 is 2.74 bits per heavy atom. The van der Waals surface area contributed by atoms with Gasteiger partial charge in [-0.1, -0.05) is 30.3 Å². The molecule has 2 aliphatic heterocycles. The molecule has 1 saturated heterocycles. The second-order valence-corrected chi connectivity index (χ2v) is 8.50. The monoisotopic (exact) mass is 429 g/mol. The number of likely N-dealkylation sites (tertiary alicyclic amines) is 1. The van der Waals surface area contributed by atoms with Crippen LogP contribution >= 0.6 is 0 Å². The van der Waals surface area contributed by atoms with Gasteiger partial charge in [-0.2, -0.15) is 13.2 Å². The average Bonchev–Trinajstić information content (AvgIpc) is 3.45. The van der Waals surface area contributed by atoms with Gasteiger partial charge in [0.15, 0.2) is 0 Å². The summed E-state index contributed by atoms with van der Waals surface area (Å²) in [6.07, 6.45) is 0.132. The number of fused-ring (bicyclic) bond motifs is 3. The van der Waals surface area contributed by atoms with Crippen molar-refractivity contribution in [3.63, 3.8) is 0 Å². The molecule has 2 unspecified atom stereocenters. The lowest BCUT2D eigenvalue weighted by atomic mass is 10.1. The highest BCUT2D eigenvalue weighted by molar-refractivity contribution is 6.00. The van der Waals surface area contributed by atoms with Crippen LogP contribution in [0, 0.1) is 0 Å². The quantitative estimate of drug-likeness (QED) is 0.624. The SMILES string of the molecule is CN1c2cnc3[nH]ccc3c2N(C2CCN(CCCC(F)(F)F)C2)C1c1ccccc1. The first kappa shape index (κ1) is 20.2. The van der Waals surface area contributed by atoms with Gasteiger partial charge in [-0.25, -0.2) is 4.98 Å². The lowest BCUT2D eigenvalue weighted by molar-refractivity contribution is -0.136. The van der Waals surface area contributed by atoms with E-state index in [9.17, 15) is 13.2 Å². The number of H-pyrrole nitrogens is 1. The highest BCUT2D eigenvalue weighted by atomic mass is 19.4. The molecule has 0 saturated carbocycles. The van der Waals surface area contributed by atoms with Crippen LogP contribution in [0.15, 0.2) is 48.8 Å². The summed E-state index contributed by atoms with van der Waals surface area (Å²) in [7, 11) is 2.09. The van der Waals surface area contributed by atoms with Gasteiger partial charge in [0.05, 0.1) is 17.6 Å². The van der Waals surface area contributed by atoms with Crippen LogP contribution in [-0.4, -0.2) is 53.8 Å². The third-order valence-corrected chi connectivity index (χ3v) is 6.48. The molecule has 5 rings (SSSR count). The Labute approximate surface area is 179 Å². The Kier molecular flexibility index (Phi) is 5.04. The Morgan fingerprint density at radius 2 is 1.97 bits per heavy atom. The van der Waals surface area contributed by atoms with Gasteiger partial charge in [0.25, 0.3) is 0 Å². The molecule has 1 aromatic carbocycles. The highest BCUT2D eigenvalue weighted by Crippen LogP contribution is 2.50. The van der Waals surface area contributed by atoms with Gasteiger partial charge < -0.3 is 19.7 Å². The summed E-state index contributed by atoms with van der Waals surface area (Å²) < 4.78 is 37.7. The number of aromatic amines is 1. The summed E-state index contributed by atoms with van der Waals surface area (Å²) in [5.41, 5.74) is 4.28. The van der Waals surface area contributed by atoms with Crippen LogP contribution in [0.4, 0.5) is 24.5 Å². The minimum Gasteiger partial charge on any atom is -0.348 e. The van der Waals surface area contributed by atoms with Crippen LogP contribution in [0.2, 0.25) is 0 Å². The topological polar surface area (TPSA) is 38.4 Å². The molecule has 2 aliphatic rings. The standard InChI is InChI=1S/C23H26F3N5/c1-29-19-14-28-21-18(8-11-27-21)20(19)31(22(29)16-6-3-2-4-7-16)17-9-13-30(15-17)12-5-10-23(24,25)26/h2-4,6-8,11,14,17,22H,5,9-10,12-13,15H2,1H3,(H,27,28). The second kappa shape index (κ2) is 7.75. The number of nitrogens with one attached hydrogen (secondary N) is 1. The number of pyridine rings is 1. The van der Waals surface area contributed by atoms with Gasteiger partial charge in [0.2, 0.25) is 0 Å². The summed E-state index contributed by atoms with van der Waals surface area (Å²) in [4.78, 5) is 14.7. The molecule has 0 amide bonds. The van der Waals surface area contributed by atoms with Gasteiger partial charge in [-0.15, -0.1) is 0 Å². The molecule has 2 aromatic heterocycles. The summed E-state index contributed by atoms with van der Waals surface area (Å²) in [5.74, 6) is 0. The number of halogens is 3. The number of alkyl halides is 3. The second-order valence-electron chi connectivity index (χ2n) is 8.50. The van der Waals surface area contributed by atoms with Crippen molar-refractivity contribution in [1.29, 1.82) is 0 Å². The largest absolute Gasteiger partial charge is 0.389 e. The van der Waals surface area contributed by atoms with Crippen molar-refractivity contribution in [3.8, 4) is 0 Å². The molecule has 4 heterocycles. The minimum absolute atomic E-state index is 0.0265. The van der Waals surface area contributed by atoms with Crippen molar-refractivity contribution >= 4 is 22.4 Å². The van der Waals surface area contributed by atoms with Crippen LogP contribution in [-0.2, 0) is 0 Å². The van der Waals surface area contributed by atoms with Crippen molar-refractivity contribution in [2.45, 2.75) is 37.6 Å². The van der Waals surface area contributed by atoms with E-state index in [1.807, 2.05) is 30.6 Å². The minimum atomic E-state index is -4.08. The van der Waals surface area contributed by atoms with E-state index in [-0.39, 0.29) is 18.6 Å². The third-order valence-electron chi connectivity index (χ3n) is 6.48. The highest BCUT2D eigenvalue weighted by Gasteiger charge is 2.42. The molecule has 0 aliphatic carbocycles. The first-order valence-electron chi connectivity index (χ1n) is 10.7. The molecule has 8 heteroatoms. The predicted octanol–water partition coefficient (Wildman–Crippen LogP) is 4.93. The number of nitrogens with zero attached hydrogens (tertiary/aromatic N) is 4. The Hall–Kier alpha value is -2.74.